The van der Waals surface area contributed by atoms with Gasteiger partial charge in [0.05, 0.1) is 11.4 Å². The Labute approximate surface area is 189 Å². The quantitative estimate of drug-likeness (QED) is 0.512. The number of nitrogens with zero attached hydrogens (tertiary/aromatic N) is 2. The molecule has 0 radical (unpaired) electrons. The van der Waals surface area contributed by atoms with Crippen molar-refractivity contribution in [1.82, 2.24) is 4.98 Å². The van der Waals surface area contributed by atoms with E-state index in [-0.39, 0.29) is 16.7 Å². The van der Waals surface area contributed by atoms with Gasteiger partial charge in [0.1, 0.15) is 9.96 Å². The van der Waals surface area contributed by atoms with Crippen LogP contribution in [0.4, 0.5) is 10.8 Å². The Hall–Kier alpha value is -2.43. The number of amides is 1. The number of carbonyl (C=O) groups is 1. The van der Waals surface area contributed by atoms with Crippen molar-refractivity contribution >= 4 is 49.4 Å². The summed E-state index contributed by atoms with van der Waals surface area (Å²) in [5.41, 5.74) is 1.62. The highest BCUT2D eigenvalue weighted by Crippen LogP contribution is 2.29. The third kappa shape index (κ3) is 5.08. The molecule has 31 heavy (non-hydrogen) atoms. The topological polar surface area (TPSA) is 88.6 Å². The highest BCUT2D eigenvalue weighted by Gasteiger charge is 2.22. The van der Waals surface area contributed by atoms with Crippen LogP contribution in [0, 0.1) is 0 Å². The summed E-state index contributed by atoms with van der Waals surface area (Å²) in [4.78, 5) is 18.1. The number of hydrogen-bond donors (Lipinski definition) is 1. The van der Waals surface area contributed by atoms with Gasteiger partial charge in [-0.2, -0.15) is 0 Å². The number of thiophene rings is 1. The fraction of sp³-hybridized carbons (Fsp3) is 0.333. The largest absolute Gasteiger partial charge is 0.484 e. The molecule has 0 spiro atoms. The molecule has 1 N–H and O–H groups in total. The van der Waals surface area contributed by atoms with Crippen LogP contribution in [-0.4, -0.2) is 33.0 Å². The minimum Gasteiger partial charge on any atom is -0.484 e. The number of aromatic nitrogens is 1. The van der Waals surface area contributed by atoms with E-state index >= 15 is 0 Å². The summed E-state index contributed by atoms with van der Waals surface area (Å²) in [5.74, 6) is 0.209. The summed E-state index contributed by atoms with van der Waals surface area (Å²) >= 11 is 2.72. The highest BCUT2D eigenvalue weighted by molar-refractivity contribution is 7.94. The molecule has 1 aliphatic rings. The molecule has 0 bridgehead atoms. The lowest BCUT2D eigenvalue weighted by molar-refractivity contribution is -0.118. The standard InChI is InChI=1S/C21H23N3O4S3/c1-24(31(26,27)20-8-5-13-29-20)15-9-11-16(12-10-15)28-14-19(25)23-21-22-17-6-3-2-4-7-18(17)30-21/h5,8-13H,2-4,6-7,14H2,1H3,(H,22,23,25). The zero-order chi connectivity index (χ0) is 21.8. The fourth-order valence-electron chi connectivity index (χ4n) is 3.32. The third-order valence-electron chi connectivity index (χ3n) is 5.02. The Balaban J connectivity index is 1.32. The molecule has 164 valence electrons. The number of benzene rings is 1. The summed E-state index contributed by atoms with van der Waals surface area (Å²) in [6, 6.07) is 9.87. The van der Waals surface area contributed by atoms with E-state index in [0.29, 0.717) is 16.6 Å². The first kappa shape index (κ1) is 21.8. The van der Waals surface area contributed by atoms with Crippen molar-refractivity contribution < 1.29 is 17.9 Å². The Kier molecular flexibility index (Phi) is 6.59. The van der Waals surface area contributed by atoms with Crippen LogP contribution >= 0.6 is 22.7 Å². The summed E-state index contributed by atoms with van der Waals surface area (Å²) < 4.78 is 32.3. The van der Waals surface area contributed by atoms with Gasteiger partial charge >= 0.3 is 0 Å². The molecule has 2 heterocycles. The van der Waals surface area contributed by atoms with E-state index in [2.05, 4.69) is 10.3 Å². The smallest absolute Gasteiger partial charge is 0.273 e. The van der Waals surface area contributed by atoms with Gasteiger partial charge in [-0.1, -0.05) is 12.5 Å². The van der Waals surface area contributed by atoms with Gasteiger partial charge in [0.2, 0.25) is 0 Å². The van der Waals surface area contributed by atoms with Gasteiger partial charge in [0.25, 0.3) is 15.9 Å². The average molecular weight is 478 g/mol. The molecule has 2 aromatic heterocycles. The second-order valence-electron chi connectivity index (χ2n) is 7.18. The van der Waals surface area contributed by atoms with Crippen molar-refractivity contribution in [1.29, 1.82) is 0 Å². The Bertz CT molecular complexity index is 1120. The average Bonchev–Trinajstić information content (AvgIpc) is 3.39. The molecule has 0 unspecified atom stereocenters. The number of nitrogens with one attached hydrogen (secondary N) is 1. The molecule has 0 aliphatic heterocycles. The SMILES string of the molecule is CN(c1ccc(OCC(=O)Nc2nc3c(s2)CCCCC3)cc1)S(=O)(=O)c1cccs1. The van der Waals surface area contributed by atoms with Crippen molar-refractivity contribution in [3.8, 4) is 5.75 Å². The van der Waals surface area contributed by atoms with Gasteiger partial charge in [-0.25, -0.2) is 13.4 Å². The lowest BCUT2D eigenvalue weighted by atomic mass is 10.2. The summed E-state index contributed by atoms with van der Waals surface area (Å²) in [6.45, 7) is -0.146. The number of fused-ring (bicyclic) bond motifs is 1. The molecule has 0 saturated heterocycles. The maximum atomic E-state index is 12.6. The van der Waals surface area contributed by atoms with E-state index in [1.165, 1.54) is 40.4 Å². The maximum absolute atomic E-state index is 12.6. The molecule has 0 fully saturated rings. The van der Waals surface area contributed by atoms with Crippen molar-refractivity contribution in [3.05, 3.63) is 52.3 Å². The summed E-state index contributed by atoms with van der Waals surface area (Å²) in [7, 11) is -2.08. The van der Waals surface area contributed by atoms with Crippen LogP contribution in [0.25, 0.3) is 0 Å². The zero-order valence-corrected chi connectivity index (χ0v) is 19.5. The van der Waals surface area contributed by atoms with E-state index in [9.17, 15) is 13.2 Å². The number of thiazole rings is 1. The van der Waals surface area contributed by atoms with Crippen LogP contribution in [0.15, 0.2) is 46.0 Å². The number of hydrogen-bond acceptors (Lipinski definition) is 7. The number of sulfonamides is 1. The van der Waals surface area contributed by atoms with Crippen molar-refractivity contribution in [2.24, 2.45) is 0 Å². The molecule has 3 aromatic rings. The summed E-state index contributed by atoms with van der Waals surface area (Å²) in [5, 5.41) is 5.16. The first-order chi connectivity index (χ1) is 14.9. The molecule has 1 aromatic carbocycles. The molecule has 0 atom stereocenters. The molecule has 0 saturated carbocycles. The molecular formula is C21H23N3O4S3. The van der Waals surface area contributed by atoms with Crippen LogP contribution in [0.1, 0.15) is 29.8 Å². The minimum atomic E-state index is -3.58. The van der Waals surface area contributed by atoms with Crippen LogP contribution in [0.2, 0.25) is 0 Å². The number of aryl methyl sites for hydroxylation is 2. The Morgan fingerprint density at radius 3 is 2.68 bits per heavy atom. The van der Waals surface area contributed by atoms with Gasteiger partial charge in [-0.3, -0.25) is 14.4 Å². The van der Waals surface area contributed by atoms with Gasteiger partial charge < -0.3 is 4.74 Å². The van der Waals surface area contributed by atoms with E-state index in [4.69, 9.17) is 4.74 Å². The van der Waals surface area contributed by atoms with Crippen LogP contribution in [-0.2, 0) is 27.7 Å². The lowest BCUT2D eigenvalue weighted by Crippen LogP contribution is -2.25. The van der Waals surface area contributed by atoms with E-state index < -0.39 is 10.0 Å². The highest BCUT2D eigenvalue weighted by atomic mass is 32.2. The molecular weight excluding hydrogens is 454 g/mol. The van der Waals surface area contributed by atoms with Gasteiger partial charge in [-0.15, -0.1) is 22.7 Å². The Morgan fingerprint density at radius 1 is 1.16 bits per heavy atom. The molecule has 7 nitrogen and oxygen atoms in total. The van der Waals surface area contributed by atoms with E-state index in [0.717, 1.165) is 25.0 Å². The zero-order valence-electron chi connectivity index (χ0n) is 17.0. The number of rotatable bonds is 7. The third-order valence-corrected chi connectivity index (χ3v) is 9.25. The van der Waals surface area contributed by atoms with Crippen molar-refractivity contribution in [3.63, 3.8) is 0 Å². The second kappa shape index (κ2) is 9.37. The van der Waals surface area contributed by atoms with Crippen molar-refractivity contribution in [2.75, 3.05) is 23.3 Å². The van der Waals surface area contributed by atoms with Crippen LogP contribution < -0.4 is 14.4 Å². The fourth-order valence-corrected chi connectivity index (χ4v) is 6.75. The maximum Gasteiger partial charge on any atom is 0.273 e. The van der Waals surface area contributed by atoms with Crippen LogP contribution in [0.3, 0.4) is 0 Å². The number of ether oxygens (including phenoxy) is 1. The minimum absolute atomic E-state index is 0.146. The normalized spacial score (nSPS) is 13.8. The monoisotopic (exact) mass is 477 g/mol. The second-order valence-corrected chi connectivity index (χ2v) is 11.4. The van der Waals surface area contributed by atoms with Gasteiger partial charge in [0, 0.05) is 11.9 Å². The number of anilines is 2. The first-order valence-corrected chi connectivity index (χ1v) is 13.1. The first-order valence-electron chi connectivity index (χ1n) is 9.97. The van der Waals surface area contributed by atoms with Gasteiger partial charge in [-0.05, 0) is 61.4 Å². The molecule has 1 aliphatic carbocycles. The molecule has 4 rings (SSSR count). The van der Waals surface area contributed by atoms with Gasteiger partial charge in [0.15, 0.2) is 11.7 Å². The summed E-state index contributed by atoms with van der Waals surface area (Å²) in [6.07, 6.45) is 5.55. The van der Waals surface area contributed by atoms with E-state index in [1.807, 2.05) is 0 Å². The van der Waals surface area contributed by atoms with Crippen LogP contribution in [0.5, 0.6) is 5.75 Å². The number of carbonyl (C=O) groups excluding carboxylic acids is 1. The van der Waals surface area contributed by atoms with E-state index in [1.54, 1.807) is 53.1 Å². The Morgan fingerprint density at radius 2 is 1.94 bits per heavy atom. The molecule has 1 amide bonds. The molecule has 10 heteroatoms. The van der Waals surface area contributed by atoms with Crippen molar-refractivity contribution in [2.45, 2.75) is 36.3 Å². The predicted molar refractivity (Wildman–Crippen MR) is 124 cm³/mol. The predicted octanol–water partition coefficient (Wildman–Crippen LogP) is 4.32. The lowest BCUT2D eigenvalue weighted by Gasteiger charge is -2.18.